The molecule has 0 unspecified atom stereocenters. The third-order valence-corrected chi connectivity index (χ3v) is 0. The molecule has 0 saturated carbocycles. The molecule has 0 aliphatic rings. The normalized spacial score (nSPS) is 12.0. The largest absolute Gasteiger partial charge is 0.112 e. The van der Waals surface area contributed by atoms with Crippen LogP contribution in [0.3, 0.4) is 0 Å². The Bertz CT molecular complexity index is 56.7. The van der Waals surface area contributed by atoms with E-state index in [0.717, 1.165) is 0 Å². The number of rotatable bonds is 0. The van der Waals surface area contributed by atoms with E-state index < -0.39 is 4.33 Å². The molecule has 0 aromatic carbocycles. The predicted molar refractivity (Wildman–Crippen MR) is 57.7 cm³/mol. The third kappa shape index (κ3) is 293. The van der Waals surface area contributed by atoms with Gasteiger partial charge in [-0.25, -0.2) is 0 Å². The molecule has 0 N–H and O–H groups in total. The van der Waals surface area contributed by atoms with Crippen LogP contribution in [0.4, 0.5) is 0 Å². The summed E-state index contributed by atoms with van der Waals surface area (Å²) in [5.74, 6) is 0. The number of alkyl halides is 4. The Morgan fingerprint density at radius 2 is 0.900 bits per heavy atom. The molecule has 0 aliphatic carbocycles. The second-order valence-electron chi connectivity index (χ2n) is 2.65. The summed E-state index contributed by atoms with van der Waals surface area (Å²) in [5, 5.41) is 0. The maximum Gasteiger partial charge on any atom is 0.112 e. The molecular weight excluding hydrogens is 303 g/mol. The van der Waals surface area contributed by atoms with Gasteiger partial charge >= 0.3 is 0 Å². The molecule has 0 fully saturated rings. The Labute approximate surface area is 89.9 Å². The molecule has 4 heteroatoms. The van der Waals surface area contributed by atoms with Gasteiger partial charge in [0.05, 0.1) is 3.23 Å². The molecule has 0 bridgehead atoms. The van der Waals surface area contributed by atoms with Gasteiger partial charge in [-0.1, -0.05) is 31.9 Å². The average Bonchev–Trinajstić information content (AvgIpc) is 1.12. The lowest BCUT2D eigenvalue weighted by atomic mass is 10.6. The summed E-state index contributed by atoms with van der Waals surface area (Å²) in [6, 6.07) is 0. The molecule has 0 atom stereocenters. The van der Waals surface area contributed by atoms with Crippen molar-refractivity contribution in [2.24, 2.45) is 0 Å². The first-order valence-electron chi connectivity index (χ1n) is 2.76. The van der Waals surface area contributed by atoms with Crippen molar-refractivity contribution in [1.82, 2.24) is 0 Å². The SMILES string of the molecule is CC(C)(Br)Br.CC(C)(Cl)Cl. The summed E-state index contributed by atoms with van der Waals surface area (Å²) in [6.45, 7) is 7.48. The summed E-state index contributed by atoms with van der Waals surface area (Å²) < 4.78 is -0.431. The molecule has 0 nitrogen and oxygen atoms in total. The Hall–Kier alpha value is 1.54. The summed E-state index contributed by atoms with van der Waals surface area (Å²) in [7, 11) is 0. The fourth-order valence-electron chi connectivity index (χ4n) is 0. The van der Waals surface area contributed by atoms with Crippen molar-refractivity contribution in [2.75, 3.05) is 0 Å². The van der Waals surface area contributed by atoms with E-state index in [1.165, 1.54) is 0 Å². The van der Waals surface area contributed by atoms with Crippen LogP contribution in [0.1, 0.15) is 27.7 Å². The van der Waals surface area contributed by atoms with Crippen LogP contribution in [0.2, 0.25) is 0 Å². The standard InChI is InChI=1S/C3H6Br2.C3H6Cl2/c2*1-3(2,4)5/h2*1-2H3. The van der Waals surface area contributed by atoms with E-state index in [1.807, 2.05) is 13.8 Å². The number of hydrogen-bond donors (Lipinski definition) is 0. The van der Waals surface area contributed by atoms with Crippen LogP contribution < -0.4 is 0 Å². The van der Waals surface area contributed by atoms with Crippen LogP contribution in [-0.2, 0) is 0 Å². The number of halogens is 4. The third-order valence-electron chi connectivity index (χ3n) is 0. The second-order valence-corrected chi connectivity index (χ2v) is 9.77. The van der Waals surface area contributed by atoms with Crippen LogP contribution in [0, 0.1) is 0 Å². The smallest absolute Gasteiger partial charge is 0.102 e. The molecule has 0 heterocycles. The first kappa shape index (κ1) is 14.1. The Morgan fingerprint density at radius 1 is 0.900 bits per heavy atom. The highest BCUT2D eigenvalue weighted by molar-refractivity contribution is 9.25. The van der Waals surface area contributed by atoms with Crippen molar-refractivity contribution in [3.8, 4) is 0 Å². The molecule has 64 valence electrons. The molecule has 0 rings (SSSR count). The molecule has 0 saturated heterocycles. The van der Waals surface area contributed by atoms with Gasteiger partial charge in [0.25, 0.3) is 0 Å². The quantitative estimate of drug-likeness (QED) is 0.568. The van der Waals surface area contributed by atoms with Gasteiger partial charge < -0.3 is 0 Å². The minimum absolute atomic E-state index is 0.125. The zero-order valence-corrected chi connectivity index (χ0v) is 11.2. The summed E-state index contributed by atoms with van der Waals surface area (Å²) >= 11 is 17.2. The lowest BCUT2D eigenvalue weighted by Gasteiger charge is -1.99. The molecule has 0 amide bonds. The van der Waals surface area contributed by atoms with Gasteiger partial charge in [-0.15, -0.1) is 23.2 Å². The first-order chi connectivity index (χ1) is 4.00. The second kappa shape index (κ2) is 5.23. The van der Waals surface area contributed by atoms with E-state index in [-0.39, 0.29) is 3.23 Å². The van der Waals surface area contributed by atoms with E-state index in [4.69, 9.17) is 23.2 Å². The summed E-state index contributed by atoms with van der Waals surface area (Å²) in [4.78, 5) is 0. The zero-order chi connectivity index (χ0) is 9.00. The monoisotopic (exact) mass is 312 g/mol. The zero-order valence-electron chi connectivity index (χ0n) is 6.51. The molecule has 0 aliphatic heterocycles. The van der Waals surface area contributed by atoms with Crippen molar-refractivity contribution in [3.05, 3.63) is 0 Å². The van der Waals surface area contributed by atoms with Crippen LogP contribution >= 0.6 is 55.1 Å². The lowest BCUT2D eigenvalue weighted by molar-refractivity contribution is 0.995. The van der Waals surface area contributed by atoms with Crippen molar-refractivity contribution < 1.29 is 0 Å². The van der Waals surface area contributed by atoms with Gasteiger partial charge in [-0.05, 0) is 27.7 Å². The van der Waals surface area contributed by atoms with Crippen molar-refractivity contribution in [3.63, 3.8) is 0 Å². The van der Waals surface area contributed by atoms with E-state index in [9.17, 15) is 0 Å². The first-order valence-corrected chi connectivity index (χ1v) is 5.10. The van der Waals surface area contributed by atoms with Crippen molar-refractivity contribution >= 4 is 55.1 Å². The molecule has 0 spiro atoms. The fourth-order valence-corrected chi connectivity index (χ4v) is 0. The van der Waals surface area contributed by atoms with Gasteiger partial charge in [-0.3, -0.25) is 0 Å². The van der Waals surface area contributed by atoms with Gasteiger partial charge in [0.1, 0.15) is 4.33 Å². The van der Waals surface area contributed by atoms with Gasteiger partial charge in [0.2, 0.25) is 0 Å². The maximum absolute atomic E-state index is 5.30. The minimum atomic E-state index is -0.556. The van der Waals surface area contributed by atoms with E-state index in [0.29, 0.717) is 0 Å². The molecule has 10 heavy (non-hydrogen) atoms. The minimum Gasteiger partial charge on any atom is -0.102 e. The van der Waals surface area contributed by atoms with E-state index in [2.05, 4.69) is 31.9 Å². The lowest BCUT2D eigenvalue weighted by Crippen LogP contribution is -1.93. The summed E-state index contributed by atoms with van der Waals surface area (Å²) in [6.07, 6.45) is 0. The highest BCUT2D eigenvalue weighted by Crippen LogP contribution is 2.22. The van der Waals surface area contributed by atoms with Crippen molar-refractivity contribution in [2.45, 2.75) is 35.3 Å². The van der Waals surface area contributed by atoms with Gasteiger partial charge in [-0.2, -0.15) is 0 Å². The summed E-state index contributed by atoms with van der Waals surface area (Å²) in [5.41, 5.74) is 0. The molecule has 0 radical (unpaired) electrons. The molecular formula is C6H12Br2Cl2. The Morgan fingerprint density at radius 3 is 0.900 bits per heavy atom. The van der Waals surface area contributed by atoms with E-state index in [1.54, 1.807) is 13.8 Å². The molecule has 0 aromatic heterocycles. The van der Waals surface area contributed by atoms with Gasteiger partial charge in [0, 0.05) is 0 Å². The topological polar surface area (TPSA) is 0 Å². The molecule has 0 aromatic rings. The highest BCUT2D eigenvalue weighted by Gasteiger charge is 2.03. The fraction of sp³-hybridized carbons (Fsp3) is 1.00. The highest BCUT2D eigenvalue weighted by atomic mass is 79.9. The van der Waals surface area contributed by atoms with Crippen LogP contribution in [0.5, 0.6) is 0 Å². The Kier molecular flexibility index (Phi) is 7.37. The number of hydrogen-bond acceptors (Lipinski definition) is 0. The Balaban J connectivity index is 0. The average molecular weight is 315 g/mol. The van der Waals surface area contributed by atoms with Crippen molar-refractivity contribution in [1.29, 1.82) is 0 Å². The van der Waals surface area contributed by atoms with E-state index >= 15 is 0 Å². The van der Waals surface area contributed by atoms with Crippen LogP contribution in [0.25, 0.3) is 0 Å². The van der Waals surface area contributed by atoms with Crippen LogP contribution in [-0.4, -0.2) is 7.57 Å². The maximum atomic E-state index is 5.30. The predicted octanol–water partition coefficient (Wildman–Crippen LogP) is 4.71. The van der Waals surface area contributed by atoms with Crippen LogP contribution in [0.15, 0.2) is 0 Å². The van der Waals surface area contributed by atoms with Gasteiger partial charge in [0.15, 0.2) is 0 Å².